The summed E-state index contributed by atoms with van der Waals surface area (Å²) < 4.78 is 37.3. The maximum absolute atomic E-state index is 14.4. The van der Waals surface area contributed by atoms with Crippen LogP contribution in [0.4, 0.5) is 20.2 Å². The molecule has 212 valence electrons. The molecule has 0 unspecified atom stereocenters. The molecule has 0 bridgehead atoms. The van der Waals surface area contributed by atoms with Crippen LogP contribution in [0.3, 0.4) is 0 Å². The summed E-state index contributed by atoms with van der Waals surface area (Å²) in [6, 6.07) is 9.75. The molecule has 2 aliphatic heterocycles. The van der Waals surface area contributed by atoms with Gasteiger partial charge in [-0.15, -0.1) is 0 Å². The molecule has 3 aliphatic rings. The van der Waals surface area contributed by atoms with E-state index in [9.17, 15) is 18.4 Å². The van der Waals surface area contributed by atoms with E-state index in [0.29, 0.717) is 35.0 Å². The van der Waals surface area contributed by atoms with Gasteiger partial charge in [0.2, 0.25) is 0 Å². The molecule has 2 saturated heterocycles. The molecule has 2 aromatic carbocycles. The molecule has 1 spiro atoms. The molecule has 2 aromatic heterocycles. The summed E-state index contributed by atoms with van der Waals surface area (Å²) in [6.07, 6.45) is 5.33. The number of carbonyl (C=O) groups is 1. The molecule has 1 saturated carbocycles. The first-order chi connectivity index (χ1) is 19.8. The highest BCUT2D eigenvalue weighted by Gasteiger charge is 2.48. The number of ether oxygens (including phenoxy) is 1. The first-order valence-electron chi connectivity index (χ1n) is 14.0. The molecule has 0 atom stereocenters. The van der Waals surface area contributed by atoms with E-state index in [1.807, 2.05) is 19.1 Å². The van der Waals surface area contributed by atoms with Gasteiger partial charge in [-0.05, 0) is 74.8 Å². The Morgan fingerprint density at radius 2 is 1.78 bits per heavy atom. The molecule has 7 rings (SSSR count). The summed E-state index contributed by atoms with van der Waals surface area (Å²) in [5, 5.41) is 6.99. The Kier molecular flexibility index (Phi) is 6.15. The van der Waals surface area contributed by atoms with Crippen molar-refractivity contribution in [2.75, 3.05) is 36.5 Å². The SMILES string of the molecule is Cc1nc2c(N3CCC4(CC4)C3)c(NC(=O)c3ccc(=O)n(-c4c(F)cccc4F)n3)ccc2n1C1CCOCC1. The van der Waals surface area contributed by atoms with Crippen molar-refractivity contribution in [3.63, 3.8) is 0 Å². The van der Waals surface area contributed by atoms with E-state index in [-0.39, 0.29) is 5.69 Å². The fourth-order valence-electron chi connectivity index (χ4n) is 6.37. The van der Waals surface area contributed by atoms with E-state index in [2.05, 4.69) is 19.9 Å². The van der Waals surface area contributed by atoms with Crippen molar-refractivity contribution in [1.29, 1.82) is 0 Å². The highest BCUT2D eigenvalue weighted by Crippen LogP contribution is 2.54. The molecule has 1 amide bonds. The van der Waals surface area contributed by atoms with Crippen LogP contribution in [-0.2, 0) is 4.74 Å². The van der Waals surface area contributed by atoms with Crippen molar-refractivity contribution >= 4 is 28.3 Å². The van der Waals surface area contributed by atoms with Crippen LogP contribution in [0.2, 0.25) is 0 Å². The fraction of sp³-hybridized carbons (Fsp3) is 0.400. The Hall–Kier alpha value is -4.12. The van der Waals surface area contributed by atoms with E-state index in [1.165, 1.54) is 25.0 Å². The minimum Gasteiger partial charge on any atom is -0.381 e. The van der Waals surface area contributed by atoms with E-state index in [1.54, 1.807) is 0 Å². The lowest BCUT2D eigenvalue weighted by Gasteiger charge is -2.26. The first kappa shape index (κ1) is 25.8. The van der Waals surface area contributed by atoms with Crippen LogP contribution < -0.4 is 15.8 Å². The average molecular weight is 561 g/mol. The highest BCUT2D eigenvalue weighted by atomic mass is 19.1. The van der Waals surface area contributed by atoms with Gasteiger partial charge >= 0.3 is 0 Å². The van der Waals surface area contributed by atoms with Crippen molar-refractivity contribution in [1.82, 2.24) is 19.3 Å². The van der Waals surface area contributed by atoms with Gasteiger partial charge in [0.15, 0.2) is 11.6 Å². The lowest BCUT2D eigenvalue weighted by Crippen LogP contribution is -2.27. The third kappa shape index (κ3) is 4.48. The molecule has 9 nitrogen and oxygen atoms in total. The summed E-state index contributed by atoms with van der Waals surface area (Å²) in [6.45, 7) is 5.20. The van der Waals surface area contributed by atoms with Crippen LogP contribution in [0.25, 0.3) is 16.7 Å². The summed E-state index contributed by atoms with van der Waals surface area (Å²) >= 11 is 0. The lowest BCUT2D eigenvalue weighted by atomic mass is 10.1. The average Bonchev–Trinajstić information content (AvgIpc) is 3.46. The number of rotatable bonds is 5. The summed E-state index contributed by atoms with van der Waals surface area (Å²) in [4.78, 5) is 33.3. The summed E-state index contributed by atoms with van der Waals surface area (Å²) in [5.41, 5.74) is 2.08. The number of nitrogens with zero attached hydrogens (tertiary/aromatic N) is 5. The van der Waals surface area contributed by atoms with Gasteiger partial charge in [0.05, 0.1) is 16.9 Å². The van der Waals surface area contributed by atoms with Gasteiger partial charge < -0.3 is 19.5 Å². The van der Waals surface area contributed by atoms with Crippen molar-refractivity contribution < 1.29 is 18.3 Å². The predicted octanol–water partition coefficient (Wildman–Crippen LogP) is 4.76. The topological polar surface area (TPSA) is 94.3 Å². The maximum atomic E-state index is 14.4. The highest BCUT2D eigenvalue weighted by molar-refractivity contribution is 6.08. The number of carbonyl (C=O) groups excluding carboxylic acids is 1. The molecule has 1 aliphatic carbocycles. The van der Waals surface area contributed by atoms with Gasteiger partial charge in [0.1, 0.15) is 22.7 Å². The van der Waals surface area contributed by atoms with E-state index in [4.69, 9.17) is 9.72 Å². The molecule has 11 heteroatoms. The largest absolute Gasteiger partial charge is 0.381 e. The van der Waals surface area contributed by atoms with Crippen LogP contribution >= 0.6 is 0 Å². The Morgan fingerprint density at radius 3 is 2.49 bits per heavy atom. The van der Waals surface area contributed by atoms with Crippen LogP contribution in [0, 0.1) is 24.0 Å². The molecule has 1 N–H and O–H groups in total. The molecule has 3 fully saturated rings. The number of benzene rings is 2. The molecule has 4 heterocycles. The van der Waals surface area contributed by atoms with Gasteiger partial charge in [-0.3, -0.25) is 9.59 Å². The summed E-state index contributed by atoms with van der Waals surface area (Å²) in [7, 11) is 0. The minimum atomic E-state index is -0.955. The Bertz CT molecular complexity index is 1720. The smallest absolute Gasteiger partial charge is 0.276 e. The third-order valence-corrected chi connectivity index (χ3v) is 8.71. The van der Waals surface area contributed by atoms with Crippen molar-refractivity contribution in [3.8, 4) is 5.69 Å². The van der Waals surface area contributed by atoms with E-state index in [0.717, 1.165) is 73.1 Å². The number of aryl methyl sites for hydroxylation is 1. The molecular formula is C30H30F2N6O3. The second-order valence-corrected chi connectivity index (χ2v) is 11.4. The standard InChI is InChI=1S/C30H30F2N6O3/c1-18-33-26-24(37(18)19-9-15-41-16-10-19)7-5-22(28(26)36-14-13-30(17-36)11-12-30)34-29(40)23-6-8-25(39)38(35-23)27-20(31)3-2-4-21(27)32/h2-8,19H,9-17H2,1H3,(H,34,40). The van der Waals surface area contributed by atoms with Crippen molar-refractivity contribution in [3.05, 3.63) is 76.0 Å². The zero-order valence-corrected chi connectivity index (χ0v) is 22.7. The van der Waals surface area contributed by atoms with Crippen LogP contribution in [-0.4, -0.2) is 51.5 Å². The van der Waals surface area contributed by atoms with Gasteiger partial charge in [-0.1, -0.05) is 6.07 Å². The maximum Gasteiger partial charge on any atom is 0.276 e. The monoisotopic (exact) mass is 560 g/mol. The zero-order chi connectivity index (χ0) is 28.3. The Morgan fingerprint density at radius 1 is 1.02 bits per heavy atom. The van der Waals surface area contributed by atoms with E-state index >= 15 is 0 Å². The molecular weight excluding hydrogens is 530 g/mol. The normalized spacial score (nSPS) is 18.4. The molecule has 0 radical (unpaired) electrons. The van der Waals surface area contributed by atoms with Crippen molar-refractivity contribution in [2.45, 2.75) is 45.1 Å². The van der Waals surface area contributed by atoms with Crippen LogP contribution in [0.1, 0.15) is 54.5 Å². The van der Waals surface area contributed by atoms with Crippen LogP contribution in [0.15, 0.2) is 47.3 Å². The number of hydrogen-bond donors (Lipinski definition) is 1. The van der Waals surface area contributed by atoms with Gasteiger partial charge in [0, 0.05) is 38.4 Å². The number of nitrogens with one attached hydrogen (secondary N) is 1. The fourth-order valence-corrected chi connectivity index (χ4v) is 6.37. The number of aromatic nitrogens is 4. The molecule has 41 heavy (non-hydrogen) atoms. The Labute approximate surface area is 234 Å². The third-order valence-electron chi connectivity index (χ3n) is 8.71. The predicted molar refractivity (Wildman–Crippen MR) is 150 cm³/mol. The van der Waals surface area contributed by atoms with Crippen LogP contribution in [0.5, 0.6) is 0 Å². The van der Waals surface area contributed by atoms with Gasteiger partial charge in [-0.2, -0.15) is 9.78 Å². The summed E-state index contributed by atoms with van der Waals surface area (Å²) in [5.74, 6) is -1.60. The van der Waals surface area contributed by atoms with E-state index < -0.39 is 28.8 Å². The molecule has 4 aromatic rings. The minimum absolute atomic E-state index is 0.151. The number of imidazole rings is 1. The number of fused-ring (bicyclic) bond motifs is 1. The zero-order valence-electron chi connectivity index (χ0n) is 22.7. The number of halogens is 2. The second-order valence-electron chi connectivity index (χ2n) is 11.4. The first-order valence-corrected chi connectivity index (χ1v) is 14.0. The van der Waals surface area contributed by atoms with Gasteiger partial charge in [-0.25, -0.2) is 13.8 Å². The second kappa shape index (κ2) is 9.76. The Balaban J connectivity index is 1.29. The number of amides is 1. The lowest BCUT2D eigenvalue weighted by molar-refractivity contribution is 0.0701. The number of hydrogen-bond acceptors (Lipinski definition) is 6. The quantitative estimate of drug-likeness (QED) is 0.378. The van der Waals surface area contributed by atoms with Crippen molar-refractivity contribution in [2.24, 2.45) is 5.41 Å². The number of para-hydroxylation sites is 1. The van der Waals surface area contributed by atoms with Gasteiger partial charge in [0.25, 0.3) is 11.5 Å². The number of anilines is 2.